The molecule has 92 valence electrons. The molecule has 0 radical (unpaired) electrons. The molecule has 0 aliphatic rings. The molecule has 6 heteroatoms. The summed E-state index contributed by atoms with van der Waals surface area (Å²) in [6.45, 7) is 5.61. The second kappa shape index (κ2) is 13.9. The minimum atomic E-state index is 0. The third-order valence-corrected chi connectivity index (χ3v) is 1.57. The lowest BCUT2D eigenvalue weighted by atomic mass is 10.6. The Hall–Kier alpha value is -0.0800. The molecule has 2 N–H and O–H groups in total. The van der Waals surface area contributed by atoms with E-state index in [4.69, 9.17) is 9.47 Å². The van der Waals surface area contributed by atoms with Crippen LogP contribution in [0.5, 0.6) is 0 Å². The van der Waals surface area contributed by atoms with Crippen LogP contribution >= 0.6 is 24.0 Å². The van der Waals surface area contributed by atoms with Gasteiger partial charge in [-0.2, -0.15) is 0 Å². The predicted molar refractivity (Wildman–Crippen MR) is 73.1 cm³/mol. The van der Waals surface area contributed by atoms with E-state index in [1.54, 1.807) is 14.2 Å². The predicted octanol–water partition coefficient (Wildman–Crippen LogP) is 0.452. The van der Waals surface area contributed by atoms with Crippen LogP contribution in [0.25, 0.3) is 0 Å². The number of hydrogen-bond acceptors (Lipinski definition) is 3. The Morgan fingerprint density at radius 3 is 2.27 bits per heavy atom. The zero-order valence-corrected chi connectivity index (χ0v) is 12.0. The average Bonchev–Trinajstić information content (AvgIpc) is 2.22. The Morgan fingerprint density at radius 1 is 1.20 bits per heavy atom. The van der Waals surface area contributed by atoms with Gasteiger partial charge in [0.15, 0.2) is 5.96 Å². The van der Waals surface area contributed by atoms with E-state index in [-0.39, 0.29) is 24.0 Å². The van der Waals surface area contributed by atoms with Gasteiger partial charge >= 0.3 is 0 Å². The van der Waals surface area contributed by atoms with Crippen molar-refractivity contribution in [2.75, 3.05) is 47.1 Å². The highest BCUT2D eigenvalue weighted by molar-refractivity contribution is 14.0. The molecule has 0 heterocycles. The molecule has 5 nitrogen and oxygen atoms in total. The van der Waals surface area contributed by atoms with Crippen molar-refractivity contribution in [3.63, 3.8) is 0 Å². The minimum Gasteiger partial charge on any atom is -0.383 e. The minimum absolute atomic E-state index is 0. The van der Waals surface area contributed by atoms with Crippen molar-refractivity contribution in [1.29, 1.82) is 0 Å². The average molecular weight is 331 g/mol. The molecule has 0 unspecified atom stereocenters. The molecule has 0 aromatic heterocycles. The van der Waals surface area contributed by atoms with Gasteiger partial charge in [0.1, 0.15) is 0 Å². The fourth-order valence-corrected chi connectivity index (χ4v) is 0.878. The van der Waals surface area contributed by atoms with E-state index in [1.165, 1.54) is 0 Å². The fourth-order valence-electron chi connectivity index (χ4n) is 0.878. The smallest absolute Gasteiger partial charge is 0.191 e. The molecule has 0 aromatic carbocycles. The van der Waals surface area contributed by atoms with Crippen LogP contribution in [0, 0.1) is 0 Å². The van der Waals surface area contributed by atoms with Gasteiger partial charge in [-0.1, -0.05) is 0 Å². The van der Waals surface area contributed by atoms with E-state index in [2.05, 4.69) is 15.6 Å². The Balaban J connectivity index is 0. The number of aliphatic imine (C=N–C) groups is 1. The van der Waals surface area contributed by atoms with Gasteiger partial charge in [0.25, 0.3) is 0 Å². The van der Waals surface area contributed by atoms with E-state index in [0.29, 0.717) is 13.2 Å². The number of halogens is 1. The molecule has 0 fully saturated rings. The monoisotopic (exact) mass is 331 g/mol. The summed E-state index contributed by atoms with van der Waals surface area (Å²) in [4.78, 5) is 4.04. The number of hydrogen-bond donors (Lipinski definition) is 2. The largest absolute Gasteiger partial charge is 0.383 e. The summed E-state index contributed by atoms with van der Waals surface area (Å²) in [6.07, 6.45) is 0. The van der Waals surface area contributed by atoms with E-state index < -0.39 is 0 Å². The molecule has 0 amide bonds. The van der Waals surface area contributed by atoms with Crippen molar-refractivity contribution in [2.24, 2.45) is 4.99 Å². The van der Waals surface area contributed by atoms with Gasteiger partial charge in [0, 0.05) is 33.9 Å². The topological polar surface area (TPSA) is 54.9 Å². The molecule has 0 aromatic rings. The van der Waals surface area contributed by atoms with Crippen LogP contribution in [0.3, 0.4) is 0 Å². The number of ether oxygens (including phenoxy) is 2. The molecular weight excluding hydrogens is 309 g/mol. The van der Waals surface area contributed by atoms with Crippen LogP contribution in [-0.2, 0) is 9.47 Å². The number of rotatable bonds is 7. The molecule has 0 aliphatic heterocycles. The first-order chi connectivity index (χ1) is 6.85. The molecule has 0 spiro atoms. The zero-order chi connectivity index (χ0) is 10.6. The Morgan fingerprint density at radius 2 is 1.80 bits per heavy atom. The van der Waals surface area contributed by atoms with Crippen LogP contribution in [0.1, 0.15) is 6.92 Å². The highest BCUT2D eigenvalue weighted by Crippen LogP contribution is 1.73. The van der Waals surface area contributed by atoms with Gasteiger partial charge in [-0.25, -0.2) is 0 Å². The summed E-state index contributed by atoms with van der Waals surface area (Å²) in [6, 6.07) is 0. The lowest BCUT2D eigenvalue weighted by Gasteiger charge is -2.11. The number of methoxy groups -OCH3 is 1. The Labute approximate surface area is 109 Å². The Bertz CT molecular complexity index is 156. The van der Waals surface area contributed by atoms with Gasteiger partial charge in [-0.3, -0.25) is 4.99 Å². The molecular formula is C9H22IN3O2. The van der Waals surface area contributed by atoms with Crippen molar-refractivity contribution >= 4 is 29.9 Å². The van der Waals surface area contributed by atoms with Crippen LogP contribution < -0.4 is 10.6 Å². The first-order valence-corrected chi connectivity index (χ1v) is 4.86. The van der Waals surface area contributed by atoms with Gasteiger partial charge in [0.2, 0.25) is 0 Å². The Kier molecular flexibility index (Phi) is 16.1. The molecule has 0 saturated carbocycles. The number of nitrogens with one attached hydrogen (secondary N) is 2. The summed E-state index contributed by atoms with van der Waals surface area (Å²) in [7, 11) is 3.41. The SMILES string of the molecule is CCOCCNC(=NC)NCCOC.I. The molecule has 0 bridgehead atoms. The van der Waals surface area contributed by atoms with Crippen molar-refractivity contribution in [3.8, 4) is 0 Å². The summed E-state index contributed by atoms with van der Waals surface area (Å²) >= 11 is 0. The summed E-state index contributed by atoms with van der Waals surface area (Å²) < 4.78 is 10.1. The third-order valence-electron chi connectivity index (χ3n) is 1.57. The second-order valence-corrected chi connectivity index (χ2v) is 2.62. The van der Waals surface area contributed by atoms with Crippen LogP contribution in [-0.4, -0.2) is 53.0 Å². The maximum Gasteiger partial charge on any atom is 0.191 e. The standard InChI is InChI=1S/C9H21N3O2.HI/c1-4-14-8-6-12-9(10-2)11-5-7-13-3;/h4-8H2,1-3H3,(H2,10,11,12);1H. The maximum absolute atomic E-state index is 5.18. The van der Waals surface area contributed by atoms with Crippen LogP contribution in [0.15, 0.2) is 4.99 Å². The zero-order valence-electron chi connectivity index (χ0n) is 9.71. The molecule has 0 aliphatic carbocycles. The summed E-state index contributed by atoms with van der Waals surface area (Å²) in [5.41, 5.74) is 0. The highest BCUT2D eigenvalue weighted by Gasteiger charge is 1.94. The van der Waals surface area contributed by atoms with Crippen LogP contribution in [0.4, 0.5) is 0 Å². The summed E-state index contributed by atoms with van der Waals surface area (Å²) in [5.74, 6) is 0.779. The molecule has 0 saturated heterocycles. The van der Waals surface area contributed by atoms with Gasteiger partial charge in [0.05, 0.1) is 13.2 Å². The second-order valence-electron chi connectivity index (χ2n) is 2.62. The van der Waals surface area contributed by atoms with Crippen LogP contribution in [0.2, 0.25) is 0 Å². The lowest BCUT2D eigenvalue weighted by Crippen LogP contribution is -2.40. The molecule has 15 heavy (non-hydrogen) atoms. The molecule has 0 atom stereocenters. The lowest BCUT2D eigenvalue weighted by molar-refractivity contribution is 0.152. The normalized spacial score (nSPS) is 10.7. The third kappa shape index (κ3) is 11.8. The quantitative estimate of drug-likeness (QED) is 0.308. The first-order valence-electron chi connectivity index (χ1n) is 4.86. The fraction of sp³-hybridized carbons (Fsp3) is 0.889. The van der Waals surface area contributed by atoms with Crippen molar-refractivity contribution in [1.82, 2.24) is 10.6 Å². The maximum atomic E-state index is 5.18. The van der Waals surface area contributed by atoms with Crippen molar-refractivity contribution in [2.45, 2.75) is 6.92 Å². The van der Waals surface area contributed by atoms with E-state index in [1.807, 2.05) is 6.92 Å². The highest BCUT2D eigenvalue weighted by atomic mass is 127. The van der Waals surface area contributed by atoms with Gasteiger partial charge < -0.3 is 20.1 Å². The summed E-state index contributed by atoms with van der Waals surface area (Å²) in [5, 5.41) is 6.23. The first kappa shape index (κ1) is 17.3. The number of guanidine groups is 1. The molecule has 0 rings (SSSR count). The van der Waals surface area contributed by atoms with Crippen molar-refractivity contribution in [3.05, 3.63) is 0 Å². The van der Waals surface area contributed by atoms with Gasteiger partial charge in [-0.15, -0.1) is 24.0 Å². The number of nitrogens with zero attached hydrogens (tertiary/aromatic N) is 1. The van der Waals surface area contributed by atoms with E-state index in [9.17, 15) is 0 Å². The van der Waals surface area contributed by atoms with E-state index >= 15 is 0 Å². The van der Waals surface area contributed by atoms with Gasteiger partial charge in [-0.05, 0) is 6.92 Å². The van der Waals surface area contributed by atoms with Crippen molar-refractivity contribution < 1.29 is 9.47 Å². The van der Waals surface area contributed by atoms with E-state index in [0.717, 1.165) is 25.7 Å².